The van der Waals surface area contributed by atoms with Crippen LogP contribution in [0, 0.1) is 0 Å². The van der Waals surface area contributed by atoms with Crippen LogP contribution in [0.4, 0.5) is 0 Å². The molecule has 1 atom stereocenters. The van der Waals surface area contributed by atoms with E-state index in [1.807, 2.05) is 49.4 Å². The van der Waals surface area contributed by atoms with Gasteiger partial charge >= 0.3 is 0 Å². The molecule has 0 aliphatic carbocycles. The first-order chi connectivity index (χ1) is 12.6. The minimum Gasteiger partial charge on any atom is -0.497 e. The maximum Gasteiger partial charge on any atom is 0.233 e. The van der Waals surface area contributed by atoms with Crippen molar-refractivity contribution in [1.29, 1.82) is 0 Å². The van der Waals surface area contributed by atoms with Crippen LogP contribution in [-0.2, 0) is 11.2 Å². The predicted molar refractivity (Wildman–Crippen MR) is 105 cm³/mol. The van der Waals surface area contributed by atoms with Gasteiger partial charge in [0.2, 0.25) is 5.91 Å². The number of thioether (sulfide) groups is 1. The molecule has 0 saturated carbocycles. The number of benzene rings is 2. The summed E-state index contributed by atoms with van der Waals surface area (Å²) in [6.07, 6.45) is 0.728. The quantitative estimate of drug-likeness (QED) is 0.679. The second kappa shape index (κ2) is 9.97. The Labute approximate surface area is 159 Å². The number of hydrogen-bond acceptors (Lipinski definition) is 5. The molecule has 1 unspecified atom stereocenters. The number of methoxy groups -OCH3 is 3. The van der Waals surface area contributed by atoms with Crippen LogP contribution in [0.25, 0.3) is 0 Å². The van der Waals surface area contributed by atoms with Gasteiger partial charge in [0.1, 0.15) is 5.75 Å². The van der Waals surface area contributed by atoms with Crippen molar-refractivity contribution >= 4 is 17.7 Å². The van der Waals surface area contributed by atoms with Crippen molar-refractivity contribution in [3.05, 3.63) is 48.0 Å². The lowest BCUT2D eigenvalue weighted by atomic mass is 10.1. The first-order valence-electron chi connectivity index (χ1n) is 8.36. The number of nitrogens with one attached hydrogen (secondary N) is 1. The SMILES string of the molecule is COc1ccc(SC(C)C(=O)NCCc2ccc(OC)c(OC)c2)cc1. The van der Waals surface area contributed by atoms with Crippen LogP contribution in [-0.4, -0.2) is 39.0 Å². The van der Waals surface area contributed by atoms with Crippen LogP contribution in [0.5, 0.6) is 17.2 Å². The monoisotopic (exact) mass is 375 g/mol. The largest absolute Gasteiger partial charge is 0.497 e. The molecule has 2 aromatic rings. The minimum absolute atomic E-state index is 0.0197. The number of carbonyl (C=O) groups excluding carboxylic acids is 1. The van der Waals surface area contributed by atoms with Crippen molar-refractivity contribution in [3.8, 4) is 17.2 Å². The molecule has 1 amide bonds. The first kappa shape index (κ1) is 20.0. The van der Waals surface area contributed by atoms with Crippen molar-refractivity contribution < 1.29 is 19.0 Å². The van der Waals surface area contributed by atoms with Crippen molar-refractivity contribution in [2.24, 2.45) is 0 Å². The van der Waals surface area contributed by atoms with Crippen LogP contribution in [0.1, 0.15) is 12.5 Å². The molecule has 0 saturated heterocycles. The summed E-state index contributed by atoms with van der Waals surface area (Å²) in [6.45, 7) is 2.47. The Morgan fingerprint density at radius 1 is 1.00 bits per heavy atom. The van der Waals surface area contributed by atoms with Gasteiger partial charge in [-0.1, -0.05) is 6.07 Å². The smallest absolute Gasteiger partial charge is 0.233 e. The molecule has 0 aliphatic rings. The lowest BCUT2D eigenvalue weighted by Gasteiger charge is -2.13. The summed E-state index contributed by atoms with van der Waals surface area (Å²) in [5.41, 5.74) is 1.08. The highest BCUT2D eigenvalue weighted by molar-refractivity contribution is 8.00. The molecular weight excluding hydrogens is 350 g/mol. The van der Waals surface area contributed by atoms with Crippen molar-refractivity contribution in [2.45, 2.75) is 23.5 Å². The molecule has 0 aromatic heterocycles. The Balaban J connectivity index is 1.82. The molecule has 2 rings (SSSR count). The normalized spacial score (nSPS) is 11.5. The Morgan fingerprint density at radius 2 is 1.69 bits per heavy atom. The van der Waals surface area contributed by atoms with Crippen LogP contribution in [0.15, 0.2) is 47.4 Å². The second-order valence-electron chi connectivity index (χ2n) is 5.67. The first-order valence-corrected chi connectivity index (χ1v) is 9.24. The van der Waals surface area contributed by atoms with Crippen molar-refractivity contribution in [1.82, 2.24) is 5.32 Å². The fourth-order valence-electron chi connectivity index (χ4n) is 2.42. The van der Waals surface area contributed by atoms with Gasteiger partial charge in [0.05, 0.1) is 26.6 Å². The lowest BCUT2D eigenvalue weighted by molar-refractivity contribution is -0.120. The van der Waals surface area contributed by atoms with Gasteiger partial charge < -0.3 is 19.5 Å². The van der Waals surface area contributed by atoms with Crippen LogP contribution >= 0.6 is 11.8 Å². The van der Waals surface area contributed by atoms with Gasteiger partial charge in [0, 0.05) is 11.4 Å². The Bertz CT molecular complexity index is 718. The fraction of sp³-hybridized carbons (Fsp3) is 0.350. The summed E-state index contributed by atoms with van der Waals surface area (Å²) in [5, 5.41) is 2.81. The van der Waals surface area contributed by atoms with Crippen molar-refractivity contribution in [3.63, 3.8) is 0 Å². The molecule has 26 heavy (non-hydrogen) atoms. The second-order valence-corrected chi connectivity index (χ2v) is 7.08. The van der Waals surface area contributed by atoms with E-state index in [4.69, 9.17) is 14.2 Å². The summed E-state index contributed by atoms with van der Waals surface area (Å²) in [6, 6.07) is 13.5. The van der Waals surface area contributed by atoms with Gasteiger partial charge in [-0.15, -0.1) is 11.8 Å². The average Bonchev–Trinajstić information content (AvgIpc) is 2.68. The third-order valence-corrected chi connectivity index (χ3v) is 5.01. The van der Waals surface area contributed by atoms with Gasteiger partial charge in [0.15, 0.2) is 11.5 Å². The zero-order valence-corrected chi connectivity index (χ0v) is 16.4. The number of ether oxygens (including phenoxy) is 3. The predicted octanol–water partition coefficient (Wildman–Crippen LogP) is 3.55. The van der Waals surface area contributed by atoms with Crippen molar-refractivity contribution in [2.75, 3.05) is 27.9 Å². The highest BCUT2D eigenvalue weighted by atomic mass is 32.2. The van der Waals surface area contributed by atoms with E-state index in [2.05, 4.69) is 5.32 Å². The van der Waals surface area contributed by atoms with Gasteiger partial charge in [0.25, 0.3) is 0 Å². The van der Waals surface area contributed by atoms with Gasteiger partial charge in [-0.05, 0) is 55.3 Å². The Kier molecular flexibility index (Phi) is 7.66. The van der Waals surface area contributed by atoms with Gasteiger partial charge in [-0.25, -0.2) is 0 Å². The summed E-state index contributed by atoms with van der Waals surface area (Å²) < 4.78 is 15.7. The molecular formula is C20H25NO4S. The fourth-order valence-corrected chi connectivity index (χ4v) is 3.31. The number of hydrogen-bond donors (Lipinski definition) is 1. The van der Waals surface area contributed by atoms with E-state index in [1.165, 1.54) is 11.8 Å². The molecule has 140 valence electrons. The summed E-state index contributed by atoms with van der Waals surface area (Å²) >= 11 is 1.52. The summed E-state index contributed by atoms with van der Waals surface area (Å²) in [7, 11) is 4.86. The standard InChI is InChI=1S/C20H25NO4S/c1-14(26-17-8-6-16(23-2)7-9-17)20(22)21-12-11-15-5-10-18(24-3)19(13-15)25-4/h5-10,13-14H,11-12H2,1-4H3,(H,21,22). The maximum absolute atomic E-state index is 12.3. The topological polar surface area (TPSA) is 56.8 Å². The van der Waals surface area contributed by atoms with E-state index in [-0.39, 0.29) is 11.2 Å². The molecule has 0 radical (unpaired) electrons. The molecule has 0 heterocycles. The number of rotatable bonds is 9. The van der Waals surface area contributed by atoms with E-state index in [1.54, 1.807) is 21.3 Å². The van der Waals surface area contributed by atoms with E-state index >= 15 is 0 Å². The average molecular weight is 375 g/mol. The highest BCUT2D eigenvalue weighted by Gasteiger charge is 2.14. The third kappa shape index (κ3) is 5.59. The molecule has 0 spiro atoms. The molecule has 0 aliphatic heterocycles. The van der Waals surface area contributed by atoms with E-state index < -0.39 is 0 Å². The number of carbonyl (C=O) groups is 1. The Morgan fingerprint density at radius 3 is 2.31 bits per heavy atom. The van der Waals surface area contributed by atoms with Crippen LogP contribution in [0.2, 0.25) is 0 Å². The maximum atomic E-state index is 12.3. The lowest BCUT2D eigenvalue weighted by Crippen LogP contribution is -2.32. The molecule has 0 fully saturated rings. The van der Waals surface area contributed by atoms with Crippen LogP contribution < -0.4 is 19.5 Å². The van der Waals surface area contributed by atoms with E-state index in [0.29, 0.717) is 18.0 Å². The molecule has 2 aromatic carbocycles. The highest BCUT2D eigenvalue weighted by Crippen LogP contribution is 2.28. The Hall–Kier alpha value is -2.34. The molecule has 6 heteroatoms. The molecule has 5 nitrogen and oxygen atoms in total. The molecule has 1 N–H and O–H groups in total. The van der Waals surface area contributed by atoms with E-state index in [9.17, 15) is 4.79 Å². The zero-order valence-electron chi connectivity index (χ0n) is 15.6. The zero-order chi connectivity index (χ0) is 18.9. The third-order valence-electron chi connectivity index (χ3n) is 3.90. The van der Waals surface area contributed by atoms with Gasteiger partial charge in [-0.2, -0.15) is 0 Å². The van der Waals surface area contributed by atoms with Gasteiger partial charge in [-0.3, -0.25) is 4.79 Å². The number of amides is 1. The minimum atomic E-state index is -0.172. The van der Waals surface area contributed by atoms with Crippen LogP contribution in [0.3, 0.4) is 0 Å². The summed E-state index contributed by atoms with van der Waals surface area (Å²) in [4.78, 5) is 13.3. The summed E-state index contributed by atoms with van der Waals surface area (Å²) in [5.74, 6) is 2.22. The van der Waals surface area contributed by atoms with E-state index in [0.717, 1.165) is 22.6 Å². The molecule has 0 bridgehead atoms.